The van der Waals surface area contributed by atoms with Gasteiger partial charge in [0.25, 0.3) is 0 Å². The third-order valence-electron chi connectivity index (χ3n) is 2.29. The summed E-state index contributed by atoms with van der Waals surface area (Å²) in [6, 6.07) is 3.24. The van der Waals surface area contributed by atoms with Crippen LogP contribution < -0.4 is 0 Å². The van der Waals surface area contributed by atoms with E-state index >= 15 is 0 Å². The summed E-state index contributed by atoms with van der Waals surface area (Å²) < 4.78 is 27.0. The molecule has 0 saturated heterocycles. The minimum absolute atomic E-state index is 0.254. The minimum atomic E-state index is -1.07. The van der Waals surface area contributed by atoms with Gasteiger partial charge in [0, 0.05) is 7.05 Å². The smallest absolute Gasteiger partial charge is 0.159 e. The summed E-state index contributed by atoms with van der Waals surface area (Å²) in [5.41, 5.74) is 0.662. The number of aliphatic hydroxyl groups excluding tert-OH is 1. The molecule has 1 heterocycles. The molecule has 0 aliphatic heterocycles. The maximum Gasteiger partial charge on any atom is 0.159 e. The summed E-state index contributed by atoms with van der Waals surface area (Å²) in [5.74, 6) is -1.94. The van der Waals surface area contributed by atoms with Gasteiger partial charge in [-0.2, -0.15) is 0 Å². The first kappa shape index (κ1) is 10.7. The molecule has 0 spiro atoms. The first-order valence-corrected chi connectivity index (χ1v) is 4.57. The maximum atomic E-state index is 13.0. The Bertz CT molecular complexity index is 513. The lowest BCUT2D eigenvalue weighted by atomic mass is 10.1. The Kier molecular flexibility index (Phi) is 2.66. The van der Waals surface area contributed by atoms with Crippen molar-refractivity contribution >= 4 is 0 Å². The zero-order valence-corrected chi connectivity index (χ0v) is 8.43. The van der Waals surface area contributed by atoms with Gasteiger partial charge in [-0.3, -0.25) is 0 Å². The predicted octanol–water partition coefficient (Wildman–Crippen LogP) is 1.18. The van der Waals surface area contributed by atoms with E-state index in [0.717, 1.165) is 12.1 Å². The molecule has 84 valence electrons. The van der Waals surface area contributed by atoms with E-state index in [-0.39, 0.29) is 5.56 Å². The SMILES string of the molecule is Cn1nncc1C(O)c1ccc(F)c(F)c1. The molecule has 16 heavy (non-hydrogen) atoms. The van der Waals surface area contributed by atoms with Gasteiger partial charge in [0.2, 0.25) is 0 Å². The van der Waals surface area contributed by atoms with Crippen LogP contribution in [-0.4, -0.2) is 20.1 Å². The van der Waals surface area contributed by atoms with E-state index < -0.39 is 17.7 Å². The molecule has 1 aromatic heterocycles. The summed E-state index contributed by atoms with van der Waals surface area (Å²) in [6.07, 6.45) is 0.293. The molecule has 1 atom stereocenters. The van der Waals surface area contributed by atoms with Gasteiger partial charge in [0.1, 0.15) is 6.10 Å². The number of rotatable bonds is 2. The lowest BCUT2D eigenvalue weighted by Crippen LogP contribution is -2.07. The molecule has 6 heteroatoms. The molecule has 1 unspecified atom stereocenters. The fourth-order valence-corrected chi connectivity index (χ4v) is 1.40. The standard InChI is InChI=1S/C10H9F2N3O/c1-15-9(5-13-14-15)10(16)6-2-3-7(11)8(12)4-6/h2-5,10,16H,1H3. The van der Waals surface area contributed by atoms with Crippen molar-refractivity contribution in [3.8, 4) is 0 Å². The van der Waals surface area contributed by atoms with Gasteiger partial charge >= 0.3 is 0 Å². The molecule has 0 radical (unpaired) electrons. The lowest BCUT2D eigenvalue weighted by molar-refractivity contribution is 0.209. The zero-order valence-electron chi connectivity index (χ0n) is 8.43. The molecule has 0 fully saturated rings. The summed E-state index contributed by atoms with van der Waals surface area (Å²) in [7, 11) is 1.60. The monoisotopic (exact) mass is 225 g/mol. The maximum absolute atomic E-state index is 13.0. The van der Waals surface area contributed by atoms with Crippen LogP contribution in [0.1, 0.15) is 17.4 Å². The second-order valence-corrected chi connectivity index (χ2v) is 3.36. The van der Waals surface area contributed by atoms with E-state index in [1.807, 2.05) is 0 Å². The molecule has 2 rings (SSSR count). The first-order chi connectivity index (χ1) is 7.59. The van der Waals surface area contributed by atoms with Crippen LogP contribution in [0, 0.1) is 11.6 Å². The largest absolute Gasteiger partial charge is 0.382 e. The van der Waals surface area contributed by atoms with E-state index in [1.165, 1.54) is 16.9 Å². The highest BCUT2D eigenvalue weighted by Crippen LogP contribution is 2.21. The van der Waals surface area contributed by atoms with Gasteiger partial charge in [-0.05, 0) is 17.7 Å². The van der Waals surface area contributed by atoms with Gasteiger partial charge in [-0.15, -0.1) is 5.10 Å². The van der Waals surface area contributed by atoms with Crippen LogP contribution in [0.25, 0.3) is 0 Å². The van der Waals surface area contributed by atoms with Gasteiger partial charge in [-0.1, -0.05) is 11.3 Å². The van der Waals surface area contributed by atoms with E-state index in [9.17, 15) is 13.9 Å². The van der Waals surface area contributed by atoms with Crippen molar-refractivity contribution in [2.75, 3.05) is 0 Å². The number of aryl methyl sites for hydroxylation is 1. The number of aliphatic hydroxyl groups is 1. The highest BCUT2D eigenvalue weighted by Gasteiger charge is 2.16. The molecule has 1 aromatic carbocycles. The van der Waals surface area contributed by atoms with E-state index in [4.69, 9.17) is 0 Å². The van der Waals surface area contributed by atoms with Crippen LogP contribution in [-0.2, 0) is 7.05 Å². The van der Waals surface area contributed by atoms with Crippen LogP contribution in [0.3, 0.4) is 0 Å². The molecule has 1 N–H and O–H groups in total. The molecule has 0 saturated carbocycles. The Balaban J connectivity index is 2.38. The summed E-state index contributed by atoms with van der Waals surface area (Å²) in [6.45, 7) is 0. The number of halogens is 2. The van der Waals surface area contributed by atoms with E-state index in [1.54, 1.807) is 7.05 Å². The quantitative estimate of drug-likeness (QED) is 0.834. The number of benzene rings is 1. The average Bonchev–Trinajstić information content (AvgIpc) is 2.67. The van der Waals surface area contributed by atoms with Gasteiger partial charge in [0.15, 0.2) is 11.6 Å². The van der Waals surface area contributed by atoms with Gasteiger partial charge in [0.05, 0.1) is 11.9 Å². The van der Waals surface area contributed by atoms with Crippen LogP contribution in [0.15, 0.2) is 24.4 Å². The normalized spacial score (nSPS) is 12.8. The molecule has 0 bridgehead atoms. The van der Waals surface area contributed by atoms with E-state index in [2.05, 4.69) is 10.3 Å². The molecular weight excluding hydrogens is 216 g/mol. The van der Waals surface area contributed by atoms with Crippen molar-refractivity contribution in [3.05, 3.63) is 47.3 Å². The second-order valence-electron chi connectivity index (χ2n) is 3.36. The Morgan fingerprint density at radius 2 is 2.06 bits per heavy atom. The highest BCUT2D eigenvalue weighted by molar-refractivity contribution is 5.25. The summed E-state index contributed by atoms with van der Waals surface area (Å²) >= 11 is 0. The molecule has 0 aliphatic rings. The lowest BCUT2D eigenvalue weighted by Gasteiger charge is -2.10. The first-order valence-electron chi connectivity index (χ1n) is 4.57. The van der Waals surface area contributed by atoms with Crippen molar-refractivity contribution in [2.45, 2.75) is 6.10 Å². The Labute approximate surface area is 90.1 Å². The summed E-state index contributed by atoms with van der Waals surface area (Å²) in [4.78, 5) is 0. The van der Waals surface area contributed by atoms with Crippen molar-refractivity contribution in [1.82, 2.24) is 15.0 Å². The Morgan fingerprint density at radius 3 is 2.62 bits per heavy atom. The topological polar surface area (TPSA) is 50.9 Å². The van der Waals surface area contributed by atoms with E-state index in [0.29, 0.717) is 5.69 Å². The van der Waals surface area contributed by atoms with Crippen LogP contribution >= 0.6 is 0 Å². The van der Waals surface area contributed by atoms with Crippen molar-refractivity contribution in [2.24, 2.45) is 7.05 Å². The highest BCUT2D eigenvalue weighted by atomic mass is 19.2. The fourth-order valence-electron chi connectivity index (χ4n) is 1.40. The zero-order chi connectivity index (χ0) is 11.7. The summed E-state index contributed by atoms with van der Waals surface area (Å²) in [5, 5.41) is 17.1. The Morgan fingerprint density at radius 1 is 1.31 bits per heavy atom. The molecule has 0 amide bonds. The third-order valence-corrected chi connectivity index (χ3v) is 2.29. The van der Waals surface area contributed by atoms with Crippen molar-refractivity contribution in [1.29, 1.82) is 0 Å². The van der Waals surface area contributed by atoms with Gasteiger partial charge < -0.3 is 5.11 Å². The van der Waals surface area contributed by atoms with Crippen LogP contribution in [0.2, 0.25) is 0 Å². The van der Waals surface area contributed by atoms with Crippen LogP contribution in [0.4, 0.5) is 8.78 Å². The third kappa shape index (κ3) is 1.79. The van der Waals surface area contributed by atoms with Crippen molar-refractivity contribution in [3.63, 3.8) is 0 Å². The number of aromatic nitrogens is 3. The fraction of sp³-hybridized carbons (Fsp3) is 0.200. The van der Waals surface area contributed by atoms with Crippen molar-refractivity contribution < 1.29 is 13.9 Å². The Hall–Kier alpha value is -1.82. The minimum Gasteiger partial charge on any atom is -0.382 e. The van der Waals surface area contributed by atoms with Gasteiger partial charge in [-0.25, -0.2) is 13.5 Å². The molecule has 4 nitrogen and oxygen atoms in total. The molecule has 0 aliphatic carbocycles. The van der Waals surface area contributed by atoms with Crippen LogP contribution in [0.5, 0.6) is 0 Å². The predicted molar refractivity (Wildman–Crippen MR) is 51.4 cm³/mol. The average molecular weight is 225 g/mol. The number of hydrogen-bond donors (Lipinski definition) is 1. The molecular formula is C10H9F2N3O. The number of nitrogens with zero attached hydrogens (tertiary/aromatic N) is 3. The number of hydrogen-bond acceptors (Lipinski definition) is 3. The second kappa shape index (κ2) is 3.97. The molecule has 2 aromatic rings.